The minimum atomic E-state index is 0.528. The number of hydrogen-bond acceptors (Lipinski definition) is 4. The third kappa shape index (κ3) is 3.06. The van der Waals surface area contributed by atoms with Crippen LogP contribution in [-0.4, -0.2) is 17.6 Å². The van der Waals surface area contributed by atoms with Crippen molar-refractivity contribution in [3.05, 3.63) is 12.1 Å². The van der Waals surface area contributed by atoms with Crippen LogP contribution >= 0.6 is 0 Å². The highest BCUT2D eigenvalue weighted by Gasteiger charge is 2.23. The van der Waals surface area contributed by atoms with Crippen molar-refractivity contribution in [1.29, 1.82) is 0 Å². The van der Waals surface area contributed by atoms with E-state index in [2.05, 4.69) is 24.1 Å². The Morgan fingerprint density at radius 2 is 2.28 bits per heavy atom. The second-order valence-electron chi connectivity index (χ2n) is 5.10. The lowest BCUT2D eigenvalue weighted by atomic mass is 10.1. The van der Waals surface area contributed by atoms with Crippen LogP contribution in [0.3, 0.4) is 0 Å². The molecule has 1 saturated carbocycles. The van der Waals surface area contributed by atoms with Gasteiger partial charge in [-0.3, -0.25) is 0 Å². The smallest absolute Gasteiger partial charge is 0.239 e. The molecular weight excluding hydrogens is 226 g/mol. The number of nitrogen functional groups attached to an aromatic ring is 1. The zero-order valence-electron chi connectivity index (χ0n) is 11.3. The predicted octanol–water partition coefficient (Wildman–Crippen LogP) is 3.05. The van der Waals surface area contributed by atoms with Crippen molar-refractivity contribution in [1.82, 2.24) is 4.98 Å². The molecule has 1 aliphatic carbocycles. The van der Waals surface area contributed by atoms with E-state index in [-0.39, 0.29) is 0 Å². The topological polar surface area (TPSA) is 60.2 Å². The number of nitrogens with one attached hydrogen (secondary N) is 1. The molecule has 1 aliphatic rings. The molecule has 1 aromatic heterocycles. The Kier molecular flexibility index (Phi) is 4.28. The number of ether oxygens (including phenoxy) is 1. The number of rotatable bonds is 5. The number of nitrogens with two attached hydrogens (primary N) is 1. The zero-order valence-corrected chi connectivity index (χ0v) is 11.3. The first kappa shape index (κ1) is 13.0. The molecule has 4 heteroatoms. The third-order valence-corrected chi connectivity index (χ3v) is 3.53. The van der Waals surface area contributed by atoms with Crippen LogP contribution in [0.1, 0.15) is 39.5 Å². The van der Waals surface area contributed by atoms with Gasteiger partial charge in [-0.15, -0.1) is 0 Å². The monoisotopic (exact) mass is 249 g/mol. The van der Waals surface area contributed by atoms with Gasteiger partial charge in [-0.05, 0) is 37.3 Å². The van der Waals surface area contributed by atoms with Gasteiger partial charge in [0.1, 0.15) is 5.82 Å². The summed E-state index contributed by atoms with van der Waals surface area (Å²) in [4.78, 5) is 4.45. The number of pyridine rings is 1. The summed E-state index contributed by atoms with van der Waals surface area (Å²) in [6.07, 6.45) is 4.77. The van der Waals surface area contributed by atoms with E-state index in [0.717, 1.165) is 12.2 Å². The van der Waals surface area contributed by atoms with Gasteiger partial charge >= 0.3 is 0 Å². The van der Waals surface area contributed by atoms with Crippen LogP contribution in [0, 0.1) is 5.92 Å². The summed E-state index contributed by atoms with van der Waals surface area (Å²) in [6, 6.07) is 4.32. The Morgan fingerprint density at radius 3 is 2.94 bits per heavy atom. The molecule has 0 aliphatic heterocycles. The van der Waals surface area contributed by atoms with Crippen LogP contribution in [0.4, 0.5) is 11.5 Å². The Hall–Kier alpha value is -1.45. The van der Waals surface area contributed by atoms with E-state index in [1.165, 1.54) is 19.3 Å². The van der Waals surface area contributed by atoms with Gasteiger partial charge in [0, 0.05) is 6.04 Å². The lowest BCUT2D eigenvalue weighted by molar-refractivity contribution is 0.307. The molecule has 3 N–H and O–H groups in total. The Bertz CT molecular complexity index is 395. The zero-order chi connectivity index (χ0) is 13.0. The highest BCUT2D eigenvalue weighted by molar-refractivity contribution is 5.53. The third-order valence-electron chi connectivity index (χ3n) is 3.53. The number of anilines is 2. The lowest BCUT2D eigenvalue weighted by Gasteiger charge is -2.18. The van der Waals surface area contributed by atoms with Crippen molar-refractivity contribution < 1.29 is 4.74 Å². The minimum absolute atomic E-state index is 0.528. The van der Waals surface area contributed by atoms with Gasteiger partial charge < -0.3 is 15.8 Å². The molecule has 1 aromatic rings. The van der Waals surface area contributed by atoms with E-state index in [4.69, 9.17) is 10.5 Å². The minimum Gasteiger partial charge on any atom is -0.476 e. The molecule has 4 nitrogen and oxygen atoms in total. The fraction of sp³-hybridized carbons (Fsp3) is 0.643. The van der Waals surface area contributed by atoms with Crippen LogP contribution in [0.5, 0.6) is 5.88 Å². The van der Waals surface area contributed by atoms with E-state index in [0.29, 0.717) is 30.1 Å². The van der Waals surface area contributed by atoms with Crippen molar-refractivity contribution in [3.63, 3.8) is 0 Å². The molecule has 2 atom stereocenters. The maximum absolute atomic E-state index is 5.85. The summed E-state index contributed by atoms with van der Waals surface area (Å²) in [5.41, 5.74) is 6.46. The van der Waals surface area contributed by atoms with Crippen LogP contribution < -0.4 is 15.8 Å². The molecule has 1 heterocycles. The fourth-order valence-electron chi connectivity index (χ4n) is 2.40. The maximum Gasteiger partial charge on any atom is 0.239 e. The summed E-state index contributed by atoms with van der Waals surface area (Å²) in [6.45, 7) is 5.01. The van der Waals surface area contributed by atoms with Gasteiger partial charge in [-0.25, -0.2) is 0 Å². The van der Waals surface area contributed by atoms with Gasteiger partial charge in [0.25, 0.3) is 0 Å². The Balaban J connectivity index is 2.04. The largest absolute Gasteiger partial charge is 0.476 e. The molecule has 0 spiro atoms. The van der Waals surface area contributed by atoms with Crippen LogP contribution in [0.25, 0.3) is 0 Å². The molecule has 0 bridgehead atoms. The molecule has 0 aromatic carbocycles. The van der Waals surface area contributed by atoms with Crippen LogP contribution in [0.15, 0.2) is 12.1 Å². The SMILES string of the molecule is CCCOc1nc(NC2CCCC2C)ccc1N. The maximum atomic E-state index is 5.85. The van der Waals surface area contributed by atoms with Gasteiger partial charge in [-0.2, -0.15) is 4.98 Å². The van der Waals surface area contributed by atoms with Crippen molar-refractivity contribution in [2.24, 2.45) is 5.92 Å². The normalized spacial score (nSPS) is 23.0. The summed E-state index contributed by atoms with van der Waals surface area (Å²) in [5.74, 6) is 2.13. The number of aromatic nitrogens is 1. The Labute approximate surface area is 109 Å². The van der Waals surface area contributed by atoms with Gasteiger partial charge in [-0.1, -0.05) is 20.3 Å². The van der Waals surface area contributed by atoms with Crippen LogP contribution in [-0.2, 0) is 0 Å². The van der Waals surface area contributed by atoms with E-state index < -0.39 is 0 Å². The van der Waals surface area contributed by atoms with Gasteiger partial charge in [0.2, 0.25) is 5.88 Å². The fourth-order valence-corrected chi connectivity index (χ4v) is 2.40. The first-order chi connectivity index (χ1) is 8.70. The molecule has 2 unspecified atom stereocenters. The van der Waals surface area contributed by atoms with Crippen LogP contribution in [0.2, 0.25) is 0 Å². The molecule has 1 fully saturated rings. The summed E-state index contributed by atoms with van der Waals surface area (Å²) in [5, 5.41) is 3.49. The van der Waals surface area contributed by atoms with Crippen molar-refractivity contribution in [3.8, 4) is 5.88 Å². The number of nitrogens with zero attached hydrogens (tertiary/aromatic N) is 1. The van der Waals surface area contributed by atoms with E-state index >= 15 is 0 Å². The lowest BCUT2D eigenvalue weighted by Crippen LogP contribution is -2.22. The predicted molar refractivity (Wildman–Crippen MR) is 74.9 cm³/mol. The van der Waals surface area contributed by atoms with Crippen molar-refractivity contribution >= 4 is 11.5 Å². The van der Waals surface area contributed by atoms with Crippen molar-refractivity contribution in [2.75, 3.05) is 17.7 Å². The number of hydrogen-bond donors (Lipinski definition) is 2. The average Bonchev–Trinajstić information content (AvgIpc) is 2.76. The quantitative estimate of drug-likeness (QED) is 0.842. The second kappa shape index (κ2) is 5.94. The summed E-state index contributed by atoms with van der Waals surface area (Å²) in [7, 11) is 0. The van der Waals surface area contributed by atoms with E-state index in [1.807, 2.05) is 12.1 Å². The van der Waals surface area contributed by atoms with Gasteiger partial charge in [0.05, 0.1) is 12.3 Å². The highest BCUT2D eigenvalue weighted by Crippen LogP contribution is 2.29. The second-order valence-corrected chi connectivity index (χ2v) is 5.10. The molecule has 0 saturated heterocycles. The molecule has 18 heavy (non-hydrogen) atoms. The van der Waals surface area contributed by atoms with Gasteiger partial charge in [0.15, 0.2) is 0 Å². The Morgan fingerprint density at radius 1 is 1.44 bits per heavy atom. The first-order valence-corrected chi connectivity index (χ1v) is 6.86. The summed E-state index contributed by atoms with van der Waals surface area (Å²) >= 11 is 0. The molecular formula is C14H23N3O. The molecule has 2 rings (SSSR count). The van der Waals surface area contributed by atoms with Crippen molar-refractivity contribution in [2.45, 2.75) is 45.6 Å². The molecule has 0 radical (unpaired) electrons. The van der Waals surface area contributed by atoms with E-state index in [9.17, 15) is 0 Å². The first-order valence-electron chi connectivity index (χ1n) is 6.86. The van der Waals surface area contributed by atoms with E-state index in [1.54, 1.807) is 0 Å². The summed E-state index contributed by atoms with van der Waals surface area (Å²) < 4.78 is 5.54. The average molecular weight is 249 g/mol. The molecule has 0 amide bonds. The highest BCUT2D eigenvalue weighted by atomic mass is 16.5. The molecule has 100 valence electrons. The standard InChI is InChI=1S/C14H23N3O/c1-3-9-18-14-11(15)7-8-13(17-14)16-12-6-4-5-10(12)2/h7-8,10,12H,3-6,9,15H2,1-2H3,(H,16,17).